The third-order valence-corrected chi connectivity index (χ3v) is 35.7. The molecule has 0 aromatic carbocycles. The summed E-state index contributed by atoms with van der Waals surface area (Å²) in [5.74, 6) is 0. The molecule has 258 valence electrons. The van der Waals surface area contributed by atoms with Gasteiger partial charge < -0.3 is 17.1 Å². The Hall–Kier alpha value is 0.448. The largest absolute Gasteiger partial charge is 0.469 e. The van der Waals surface area contributed by atoms with Crippen LogP contribution in [-0.4, -0.2) is 47.0 Å². The van der Waals surface area contributed by atoms with Crippen LogP contribution in [0.5, 0.6) is 0 Å². The van der Waals surface area contributed by atoms with E-state index in [0.29, 0.717) is 56.5 Å². The molecule has 0 amide bonds. The lowest BCUT2D eigenvalue weighted by Gasteiger charge is -2.56. The fourth-order valence-corrected chi connectivity index (χ4v) is 39.4. The molecule has 0 saturated heterocycles. The normalized spacial score (nSPS) is 14.4. The Morgan fingerprint density at radius 2 is 0.721 bits per heavy atom. The van der Waals surface area contributed by atoms with Gasteiger partial charge in [-0.1, -0.05) is 137 Å². The average Bonchev–Trinajstić information content (AvgIpc) is 2.84. The molecule has 0 bridgehead atoms. The molecule has 0 N–H and O–H groups in total. The van der Waals surface area contributed by atoms with Crippen molar-refractivity contribution in [3.05, 3.63) is 12.2 Å². The molecule has 0 spiro atoms. The molecule has 0 rings (SSSR count). The average molecular weight is 675 g/mol. The third-order valence-electron chi connectivity index (χ3n) is 10.5. The van der Waals surface area contributed by atoms with Gasteiger partial charge in [0, 0.05) is 12.7 Å². The van der Waals surface area contributed by atoms with Gasteiger partial charge in [0.25, 0.3) is 0 Å². The number of hydrogen-bond donors (Lipinski definition) is 0. The van der Waals surface area contributed by atoms with Gasteiger partial charge in [-0.15, -0.1) is 0 Å². The maximum Gasteiger partial charge on any atom is 0.469 e. The molecular weight excluding hydrogens is 597 g/mol. The van der Waals surface area contributed by atoms with Crippen molar-refractivity contribution in [2.75, 3.05) is 13.2 Å². The molecule has 0 aliphatic rings. The fraction of sp³-hybridized carbons (Fsp3) is 0.943. The molecule has 0 fully saturated rings. The minimum Gasteiger partial charge on any atom is -0.415 e. The van der Waals surface area contributed by atoms with Gasteiger partial charge in [0.15, 0.2) is 25.0 Å². The lowest BCUT2D eigenvalue weighted by atomic mass is 10.3. The topological polar surface area (TPSA) is 36.9 Å². The monoisotopic (exact) mass is 674 g/mol. The summed E-state index contributed by atoms with van der Waals surface area (Å²) in [6.07, 6.45) is 1.98. The minimum atomic E-state index is -3.24. The second-order valence-corrected chi connectivity index (χ2v) is 36.2. The van der Waals surface area contributed by atoms with Crippen LogP contribution < -0.4 is 0 Å². The van der Waals surface area contributed by atoms with Crippen molar-refractivity contribution in [3.63, 3.8) is 0 Å². The van der Waals surface area contributed by atoms with Crippen molar-refractivity contribution >= 4 is 33.8 Å². The summed E-state index contributed by atoms with van der Waals surface area (Å²) in [6.45, 7) is 50.8. The van der Waals surface area contributed by atoms with Crippen LogP contribution in [0.3, 0.4) is 0 Å². The lowest BCUT2D eigenvalue weighted by molar-refractivity contribution is 0.151. The van der Waals surface area contributed by atoms with Crippen LogP contribution in [0.15, 0.2) is 12.2 Å². The second-order valence-electron chi connectivity index (χ2n) is 16.4. The predicted molar refractivity (Wildman–Crippen MR) is 202 cm³/mol. The van der Waals surface area contributed by atoms with E-state index >= 15 is 0 Å². The van der Waals surface area contributed by atoms with E-state index in [0.717, 1.165) is 31.1 Å². The first-order valence-electron chi connectivity index (χ1n) is 17.9. The molecule has 0 aliphatic heterocycles. The molecule has 0 unspecified atom stereocenters. The molecule has 0 aromatic rings. The Labute approximate surface area is 275 Å². The minimum absolute atomic E-state index is 0.465. The molecule has 0 aliphatic carbocycles. The summed E-state index contributed by atoms with van der Waals surface area (Å²) in [7, 11) is -10.3. The molecule has 0 heterocycles. The van der Waals surface area contributed by atoms with Gasteiger partial charge in [-0.05, 0) is 69.6 Å². The zero-order chi connectivity index (χ0) is 34.1. The van der Waals surface area contributed by atoms with E-state index in [1.165, 1.54) is 0 Å². The molecule has 8 heteroatoms. The Kier molecular flexibility index (Phi) is 18.3. The summed E-state index contributed by atoms with van der Waals surface area (Å²) < 4.78 is 30.3. The van der Waals surface area contributed by atoms with Crippen LogP contribution in [0, 0.1) is 0 Å². The van der Waals surface area contributed by atoms with Crippen LogP contribution in [0.1, 0.15) is 144 Å². The highest BCUT2D eigenvalue weighted by atomic mass is 28.5. The van der Waals surface area contributed by atoms with Crippen molar-refractivity contribution < 1.29 is 17.1 Å². The highest BCUT2D eigenvalue weighted by molar-refractivity contribution is 6.94. The van der Waals surface area contributed by atoms with Crippen molar-refractivity contribution in [2.24, 2.45) is 0 Å². The Balaban J connectivity index is 7.70. The van der Waals surface area contributed by atoms with E-state index < -0.39 is 33.8 Å². The predicted octanol–water partition coefficient (Wildman–Crippen LogP) is 12.9. The highest BCUT2D eigenvalue weighted by Gasteiger charge is 2.63. The first-order chi connectivity index (χ1) is 19.5. The number of unbranched alkanes of at least 4 members (excludes halogenated alkanes) is 1. The molecule has 43 heavy (non-hydrogen) atoms. The van der Waals surface area contributed by atoms with Crippen LogP contribution in [0.2, 0.25) is 55.9 Å². The van der Waals surface area contributed by atoms with Crippen molar-refractivity contribution in [1.29, 1.82) is 0 Å². The van der Waals surface area contributed by atoms with Gasteiger partial charge in [0.05, 0.1) is 6.61 Å². The third kappa shape index (κ3) is 10.2. The highest BCUT2D eigenvalue weighted by Crippen LogP contribution is 2.53. The second kappa shape index (κ2) is 18.1. The van der Waals surface area contributed by atoms with Crippen LogP contribution in [-0.2, 0) is 17.1 Å². The van der Waals surface area contributed by atoms with Crippen molar-refractivity contribution in [3.8, 4) is 0 Å². The van der Waals surface area contributed by atoms with E-state index in [1.54, 1.807) is 0 Å². The molecule has 0 radical (unpaired) electrons. The van der Waals surface area contributed by atoms with Gasteiger partial charge in [-0.25, -0.2) is 0 Å². The Morgan fingerprint density at radius 3 is 0.930 bits per heavy atom. The quantitative estimate of drug-likeness (QED) is 0.0650. The van der Waals surface area contributed by atoms with Crippen LogP contribution in [0.25, 0.3) is 0 Å². The zero-order valence-corrected chi connectivity index (χ0v) is 36.6. The van der Waals surface area contributed by atoms with Gasteiger partial charge in [0.2, 0.25) is 0 Å². The van der Waals surface area contributed by atoms with Gasteiger partial charge >= 0.3 is 8.80 Å². The van der Waals surface area contributed by atoms with E-state index in [9.17, 15) is 0 Å². The number of ether oxygens (including phenoxy) is 1. The summed E-state index contributed by atoms with van der Waals surface area (Å²) in [5, 5.41) is 0. The maximum atomic E-state index is 8.11. The maximum absolute atomic E-state index is 8.11. The van der Waals surface area contributed by atoms with E-state index in [1.807, 2.05) is 6.92 Å². The molecule has 0 saturated carbocycles. The fourth-order valence-electron chi connectivity index (χ4n) is 8.88. The van der Waals surface area contributed by atoms with E-state index in [4.69, 9.17) is 17.1 Å². The Morgan fingerprint density at radius 1 is 0.465 bits per heavy atom. The van der Waals surface area contributed by atoms with E-state index in [2.05, 4.69) is 131 Å². The SMILES string of the molecule is C=C(C)COCCCC[Si](O[Si](C(C)C)(C(C)C)C(C)C)(O[Si](C(C)C)(C(C)C)C(C)C)O[Si](C(C)C)(C(C)C)C(C)C. The van der Waals surface area contributed by atoms with Gasteiger partial charge in [-0.2, -0.15) is 0 Å². The van der Waals surface area contributed by atoms with Gasteiger partial charge in [-0.3, -0.25) is 0 Å². The first kappa shape index (κ1) is 43.4. The summed E-state index contributed by atoms with van der Waals surface area (Å²) >= 11 is 0. The summed E-state index contributed by atoms with van der Waals surface area (Å²) in [6, 6.07) is 0.881. The molecular formula is C35H78O4Si4. The number of rotatable bonds is 22. The first-order valence-corrected chi connectivity index (χ1v) is 26.2. The molecule has 0 aromatic heterocycles. The Bertz CT molecular complexity index is 657. The summed E-state index contributed by atoms with van der Waals surface area (Å²) in [5.41, 5.74) is 5.26. The van der Waals surface area contributed by atoms with Gasteiger partial charge in [0.1, 0.15) is 0 Å². The zero-order valence-electron chi connectivity index (χ0n) is 32.6. The van der Waals surface area contributed by atoms with Crippen molar-refractivity contribution in [2.45, 2.75) is 200 Å². The van der Waals surface area contributed by atoms with Crippen LogP contribution >= 0.6 is 0 Å². The standard InChI is InChI=1S/C35H78O4Si4/c1-26(2)25-36-23-21-22-24-40(37-41(27(3)4,28(5)6)29(7)8,38-42(30(9)10,31(11)12)32(13)14)39-43(33(15)16,34(17)18)35(19)20/h27-35H,1,21-25H2,2-20H3. The lowest BCUT2D eigenvalue weighted by Crippen LogP contribution is -2.69. The smallest absolute Gasteiger partial charge is 0.415 e. The van der Waals surface area contributed by atoms with Crippen molar-refractivity contribution in [1.82, 2.24) is 0 Å². The van der Waals surface area contributed by atoms with Crippen LogP contribution in [0.4, 0.5) is 0 Å². The van der Waals surface area contributed by atoms with E-state index in [-0.39, 0.29) is 0 Å². The molecule has 0 atom stereocenters. The summed E-state index contributed by atoms with van der Waals surface area (Å²) in [4.78, 5) is 0. The molecule has 4 nitrogen and oxygen atoms in total. The number of hydrogen-bond acceptors (Lipinski definition) is 4.